The summed E-state index contributed by atoms with van der Waals surface area (Å²) in [6, 6.07) is 15.2. The van der Waals surface area contributed by atoms with Crippen LogP contribution in [0, 0.1) is 13.8 Å². The molecular weight excluding hydrogens is 376 g/mol. The summed E-state index contributed by atoms with van der Waals surface area (Å²) < 4.78 is 6.36. The van der Waals surface area contributed by atoms with Gasteiger partial charge in [-0.3, -0.25) is 4.79 Å². The zero-order chi connectivity index (χ0) is 19.0. The van der Waals surface area contributed by atoms with E-state index < -0.39 is 0 Å². The van der Waals surface area contributed by atoms with Gasteiger partial charge in [0.15, 0.2) is 0 Å². The predicted octanol–water partition coefficient (Wildman–Crippen LogP) is 5.90. The van der Waals surface area contributed by atoms with E-state index in [4.69, 9.17) is 9.72 Å². The van der Waals surface area contributed by atoms with Crippen molar-refractivity contribution < 1.29 is 9.53 Å². The van der Waals surface area contributed by atoms with Crippen LogP contribution < -0.4 is 10.1 Å². The van der Waals surface area contributed by atoms with E-state index >= 15 is 0 Å². The van der Waals surface area contributed by atoms with E-state index in [1.54, 1.807) is 41.9 Å². The predicted molar refractivity (Wildman–Crippen MR) is 113 cm³/mol. The molecule has 4 aromatic rings. The van der Waals surface area contributed by atoms with Gasteiger partial charge in [-0.25, -0.2) is 4.98 Å². The van der Waals surface area contributed by atoms with Gasteiger partial charge in [-0.05, 0) is 49.7 Å². The lowest BCUT2D eigenvalue weighted by molar-refractivity contribution is 0.102. The van der Waals surface area contributed by atoms with E-state index in [0.717, 1.165) is 31.4 Å². The number of ether oxygens (including phenoxy) is 1. The Balaban J connectivity index is 1.73. The minimum absolute atomic E-state index is 0.155. The summed E-state index contributed by atoms with van der Waals surface area (Å²) in [5.41, 5.74) is 3.70. The molecule has 0 radical (unpaired) electrons. The second-order valence-corrected chi connectivity index (χ2v) is 8.42. The van der Waals surface area contributed by atoms with Crippen molar-refractivity contribution in [2.24, 2.45) is 0 Å². The number of thiophene rings is 1. The third-order valence-electron chi connectivity index (χ3n) is 4.45. The van der Waals surface area contributed by atoms with Gasteiger partial charge in [-0.1, -0.05) is 18.2 Å². The summed E-state index contributed by atoms with van der Waals surface area (Å²) in [6.07, 6.45) is 0. The molecule has 2 aromatic heterocycles. The topological polar surface area (TPSA) is 51.2 Å². The zero-order valence-electron chi connectivity index (χ0n) is 15.2. The van der Waals surface area contributed by atoms with Crippen molar-refractivity contribution in [3.63, 3.8) is 0 Å². The summed E-state index contributed by atoms with van der Waals surface area (Å²) in [6.45, 7) is 4.15. The molecular formula is C21H18N2O2S2. The highest BCUT2D eigenvalue weighted by molar-refractivity contribution is 7.22. The van der Waals surface area contributed by atoms with Gasteiger partial charge in [-0.15, -0.1) is 22.7 Å². The fourth-order valence-corrected chi connectivity index (χ4v) is 5.09. The monoisotopic (exact) mass is 394 g/mol. The van der Waals surface area contributed by atoms with Gasteiger partial charge in [0.05, 0.1) is 17.3 Å². The summed E-state index contributed by atoms with van der Waals surface area (Å²) in [4.78, 5) is 18.7. The minimum atomic E-state index is -0.155. The van der Waals surface area contributed by atoms with Crippen molar-refractivity contribution in [2.75, 3.05) is 12.4 Å². The average Bonchev–Trinajstić information content (AvgIpc) is 3.22. The number of methoxy groups -OCH3 is 1. The molecule has 0 unspecified atom stereocenters. The van der Waals surface area contributed by atoms with Gasteiger partial charge in [0, 0.05) is 16.0 Å². The normalized spacial score (nSPS) is 10.9. The van der Waals surface area contributed by atoms with Gasteiger partial charge < -0.3 is 10.1 Å². The number of hydrogen-bond acceptors (Lipinski definition) is 5. The number of aryl methyl sites for hydroxylation is 1. The Morgan fingerprint density at radius 1 is 1.07 bits per heavy atom. The van der Waals surface area contributed by atoms with E-state index in [1.165, 1.54) is 4.88 Å². The van der Waals surface area contributed by atoms with Crippen LogP contribution in [0.25, 0.3) is 20.8 Å². The first-order chi connectivity index (χ1) is 13.1. The lowest BCUT2D eigenvalue weighted by Crippen LogP contribution is -2.11. The van der Waals surface area contributed by atoms with Crippen molar-refractivity contribution in [3.05, 3.63) is 64.5 Å². The highest BCUT2D eigenvalue weighted by Gasteiger charge is 2.20. The molecule has 0 aliphatic carbocycles. The van der Waals surface area contributed by atoms with Crippen molar-refractivity contribution in [1.29, 1.82) is 0 Å². The largest absolute Gasteiger partial charge is 0.497 e. The fraction of sp³-hybridized carbons (Fsp3) is 0.143. The molecule has 27 heavy (non-hydrogen) atoms. The van der Waals surface area contributed by atoms with Crippen molar-refractivity contribution in [3.8, 4) is 16.3 Å². The number of para-hydroxylation sites is 1. The number of amides is 1. The molecule has 0 saturated heterocycles. The van der Waals surface area contributed by atoms with Gasteiger partial charge in [0.1, 0.15) is 15.8 Å². The number of aromatic nitrogens is 1. The maximum absolute atomic E-state index is 12.8. The van der Waals surface area contributed by atoms with E-state index in [2.05, 4.69) is 25.2 Å². The maximum atomic E-state index is 12.8. The van der Waals surface area contributed by atoms with E-state index in [-0.39, 0.29) is 5.91 Å². The number of carbonyl (C=O) groups excluding carboxylic acids is 1. The van der Waals surface area contributed by atoms with E-state index in [0.29, 0.717) is 11.3 Å². The number of thiazole rings is 1. The number of hydrogen-bond donors (Lipinski definition) is 1. The molecule has 0 bridgehead atoms. The molecule has 0 aliphatic heterocycles. The summed E-state index contributed by atoms with van der Waals surface area (Å²) in [5, 5.41) is 4.83. The second kappa shape index (κ2) is 7.13. The highest BCUT2D eigenvalue weighted by Crippen LogP contribution is 2.43. The summed E-state index contributed by atoms with van der Waals surface area (Å²) >= 11 is 3.23. The molecule has 1 amide bonds. The first kappa shape index (κ1) is 17.7. The van der Waals surface area contributed by atoms with E-state index in [1.807, 2.05) is 30.3 Å². The third kappa shape index (κ3) is 3.34. The third-order valence-corrected chi connectivity index (χ3v) is 6.63. The van der Waals surface area contributed by atoms with Gasteiger partial charge in [0.25, 0.3) is 5.91 Å². The lowest BCUT2D eigenvalue weighted by Gasteiger charge is -2.07. The molecule has 4 rings (SSSR count). The molecule has 0 spiro atoms. The van der Waals surface area contributed by atoms with Crippen LogP contribution in [0.1, 0.15) is 20.8 Å². The molecule has 0 fully saturated rings. The Morgan fingerprint density at radius 2 is 1.89 bits per heavy atom. The molecule has 0 atom stereocenters. The van der Waals surface area contributed by atoms with Crippen LogP contribution in [0.2, 0.25) is 0 Å². The Kier molecular flexibility index (Phi) is 4.68. The number of nitrogens with zero attached hydrogens (tertiary/aromatic N) is 1. The maximum Gasteiger partial charge on any atom is 0.256 e. The molecule has 2 aromatic carbocycles. The molecule has 0 saturated carbocycles. The molecule has 2 heterocycles. The smallest absolute Gasteiger partial charge is 0.256 e. The van der Waals surface area contributed by atoms with Crippen LogP contribution in [0.4, 0.5) is 5.00 Å². The quantitative estimate of drug-likeness (QED) is 0.469. The van der Waals surface area contributed by atoms with Crippen LogP contribution in [-0.4, -0.2) is 18.0 Å². The van der Waals surface area contributed by atoms with E-state index in [9.17, 15) is 4.79 Å². The standard InChI is InChI=1S/C21H18N2O2S2/c1-12-13(2)26-21(23-19(24)14-7-6-8-15(11-14)25-3)18(12)20-22-16-9-4-5-10-17(16)27-20/h4-11H,1-3H3,(H,23,24). The van der Waals surface area contributed by atoms with Crippen molar-refractivity contribution >= 4 is 43.8 Å². The van der Waals surface area contributed by atoms with Crippen LogP contribution in [0.5, 0.6) is 5.75 Å². The number of carbonyl (C=O) groups is 1. The number of fused-ring (bicyclic) bond motifs is 1. The number of anilines is 1. The second-order valence-electron chi connectivity index (χ2n) is 6.16. The average molecular weight is 395 g/mol. The molecule has 0 aliphatic rings. The highest BCUT2D eigenvalue weighted by atomic mass is 32.1. The van der Waals surface area contributed by atoms with Gasteiger partial charge in [-0.2, -0.15) is 0 Å². The molecule has 6 heteroatoms. The fourth-order valence-electron chi connectivity index (χ4n) is 2.89. The Hall–Kier alpha value is -2.70. The summed E-state index contributed by atoms with van der Waals surface area (Å²) in [7, 11) is 1.59. The Morgan fingerprint density at radius 3 is 2.67 bits per heavy atom. The van der Waals surface area contributed by atoms with Crippen LogP contribution in [-0.2, 0) is 0 Å². The first-order valence-corrected chi connectivity index (χ1v) is 10.1. The SMILES string of the molecule is COc1cccc(C(=O)Nc2sc(C)c(C)c2-c2nc3ccccc3s2)c1. The van der Waals surface area contributed by atoms with Crippen LogP contribution >= 0.6 is 22.7 Å². The van der Waals surface area contributed by atoms with Crippen LogP contribution in [0.15, 0.2) is 48.5 Å². The van der Waals surface area contributed by atoms with Crippen molar-refractivity contribution in [1.82, 2.24) is 4.98 Å². The Labute approximate surface area is 165 Å². The molecule has 136 valence electrons. The van der Waals surface area contributed by atoms with Gasteiger partial charge >= 0.3 is 0 Å². The Bertz CT molecular complexity index is 1110. The lowest BCUT2D eigenvalue weighted by atomic mass is 10.1. The number of benzene rings is 2. The number of rotatable bonds is 4. The minimum Gasteiger partial charge on any atom is -0.497 e. The van der Waals surface area contributed by atoms with Gasteiger partial charge in [0.2, 0.25) is 0 Å². The first-order valence-electron chi connectivity index (χ1n) is 8.48. The van der Waals surface area contributed by atoms with Crippen LogP contribution in [0.3, 0.4) is 0 Å². The summed E-state index contributed by atoms with van der Waals surface area (Å²) in [5.74, 6) is 0.505. The zero-order valence-corrected chi connectivity index (χ0v) is 16.8. The molecule has 4 nitrogen and oxygen atoms in total. The number of nitrogens with one attached hydrogen (secondary N) is 1. The molecule has 1 N–H and O–H groups in total. The van der Waals surface area contributed by atoms with Crippen molar-refractivity contribution in [2.45, 2.75) is 13.8 Å².